The topological polar surface area (TPSA) is 72.5 Å². The Labute approximate surface area is 193 Å². The highest BCUT2D eigenvalue weighted by Crippen LogP contribution is 2.38. The molecule has 3 aromatic rings. The van der Waals surface area contributed by atoms with Crippen LogP contribution in [-0.4, -0.2) is 34.6 Å². The monoisotopic (exact) mass is 450 g/mol. The van der Waals surface area contributed by atoms with Gasteiger partial charge in [0.15, 0.2) is 23.0 Å². The third kappa shape index (κ3) is 6.20. The summed E-state index contributed by atoms with van der Waals surface area (Å²) in [4.78, 5) is 12.2. The zero-order chi connectivity index (χ0) is 23.6. The molecule has 7 nitrogen and oxygen atoms in total. The van der Waals surface area contributed by atoms with Crippen molar-refractivity contribution in [1.29, 1.82) is 0 Å². The third-order valence-electron chi connectivity index (χ3n) is 4.74. The minimum Gasteiger partial charge on any atom is -0.493 e. The summed E-state index contributed by atoms with van der Waals surface area (Å²) in [5.41, 5.74) is 2.49. The first-order chi connectivity index (χ1) is 16.1. The van der Waals surface area contributed by atoms with E-state index in [0.29, 0.717) is 23.0 Å². The molecule has 0 spiro atoms. The van der Waals surface area contributed by atoms with Crippen molar-refractivity contribution in [2.45, 2.75) is 6.61 Å². The fraction of sp³-hybridized carbons (Fsp3) is 0.192. The van der Waals surface area contributed by atoms with Crippen molar-refractivity contribution in [2.24, 2.45) is 0 Å². The van der Waals surface area contributed by atoms with Crippen molar-refractivity contribution >= 4 is 18.3 Å². The van der Waals surface area contributed by atoms with Crippen LogP contribution in [0.2, 0.25) is 0 Å². The maximum Gasteiger partial charge on any atom is 0.514 e. The molecular formula is C26H26O7. The molecule has 33 heavy (non-hydrogen) atoms. The van der Waals surface area contributed by atoms with Gasteiger partial charge in [-0.1, -0.05) is 48.6 Å². The van der Waals surface area contributed by atoms with Crippen molar-refractivity contribution in [2.75, 3.05) is 28.4 Å². The molecule has 0 N–H and O–H groups in total. The number of carbonyl (C=O) groups is 1. The Bertz CT molecular complexity index is 1080. The SMILES string of the molecule is COc1ccc(/C=C\c2cc(OC)c(OC)c(OC)c2)cc1OC(=O)OCc1ccccc1. The Morgan fingerprint density at radius 3 is 1.91 bits per heavy atom. The second kappa shape index (κ2) is 11.5. The molecule has 0 unspecified atom stereocenters. The summed E-state index contributed by atoms with van der Waals surface area (Å²) >= 11 is 0. The van der Waals surface area contributed by atoms with Crippen molar-refractivity contribution in [1.82, 2.24) is 0 Å². The summed E-state index contributed by atoms with van der Waals surface area (Å²) in [7, 11) is 6.19. The quantitative estimate of drug-likeness (QED) is 0.238. The summed E-state index contributed by atoms with van der Waals surface area (Å²) in [6.07, 6.45) is 2.93. The van der Waals surface area contributed by atoms with Crippen LogP contribution in [0.4, 0.5) is 4.79 Å². The van der Waals surface area contributed by atoms with Gasteiger partial charge in [0.2, 0.25) is 5.75 Å². The first kappa shape index (κ1) is 23.5. The lowest BCUT2D eigenvalue weighted by Crippen LogP contribution is -2.11. The lowest BCUT2D eigenvalue weighted by atomic mass is 10.1. The summed E-state index contributed by atoms with van der Waals surface area (Å²) in [6.45, 7) is 0.114. The molecule has 0 aliphatic rings. The first-order valence-electron chi connectivity index (χ1n) is 10.1. The zero-order valence-electron chi connectivity index (χ0n) is 19.0. The molecule has 0 saturated carbocycles. The van der Waals surface area contributed by atoms with E-state index in [9.17, 15) is 4.79 Å². The van der Waals surface area contributed by atoms with Gasteiger partial charge in [0.1, 0.15) is 6.61 Å². The van der Waals surface area contributed by atoms with Crippen LogP contribution < -0.4 is 23.7 Å². The first-order valence-corrected chi connectivity index (χ1v) is 10.1. The van der Waals surface area contributed by atoms with Gasteiger partial charge < -0.3 is 28.4 Å². The highest BCUT2D eigenvalue weighted by atomic mass is 16.7. The number of methoxy groups -OCH3 is 4. The van der Waals surface area contributed by atoms with E-state index in [2.05, 4.69) is 0 Å². The predicted octanol–water partition coefficient (Wildman–Crippen LogP) is 5.61. The number of benzene rings is 3. The van der Waals surface area contributed by atoms with E-state index in [1.165, 1.54) is 7.11 Å². The fourth-order valence-corrected chi connectivity index (χ4v) is 3.10. The summed E-state index contributed by atoms with van der Waals surface area (Å²) in [5.74, 6) is 2.29. The van der Waals surface area contributed by atoms with Gasteiger partial charge in [0.05, 0.1) is 28.4 Å². The van der Waals surface area contributed by atoms with E-state index in [0.717, 1.165) is 16.7 Å². The maximum absolute atomic E-state index is 12.2. The van der Waals surface area contributed by atoms with Crippen LogP contribution >= 0.6 is 0 Å². The molecule has 0 heterocycles. The number of hydrogen-bond acceptors (Lipinski definition) is 7. The molecule has 0 radical (unpaired) electrons. The molecule has 0 amide bonds. The highest BCUT2D eigenvalue weighted by molar-refractivity contribution is 5.74. The van der Waals surface area contributed by atoms with E-state index < -0.39 is 6.16 Å². The molecule has 3 aromatic carbocycles. The Kier molecular flexibility index (Phi) is 8.18. The Balaban J connectivity index is 1.76. The summed E-state index contributed by atoms with van der Waals surface area (Å²) in [6, 6.07) is 18.3. The third-order valence-corrected chi connectivity index (χ3v) is 4.74. The largest absolute Gasteiger partial charge is 0.514 e. The number of carbonyl (C=O) groups excluding carboxylic acids is 1. The zero-order valence-corrected chi connectivity index (χ0v) is 19.0. The molecule has 3 rings (SSSR count). The van der Waals surface area contributed by atoms with Gasteiger partial charge in [0, 0.05) is 0 Å². The minimum absolute atomic E-state index is 0.114. The number of ether oxygens (including phenoxy) is 6. The van der Waals surface area contributed by atoms with E-state index in [1.807, 2.05) is 60.7 Å². The van der Waals surface area contributed by atoms with Crippen molar-refractivity contribution in [3.8, 4) is 28.7 Å². The highest BCUT2D eigenvalue weighted by Gasteiger charge is 2.14. The molecule has 0 bridgehead atoms. The molecule has 7 heteroatoms. The maximum atomic E-state index is 12.2. The predicted molar refractivity (Wildman–Crippen MR) is 125 cm³/mol. The van der Waals surface area contributed by atoms with Gasteiger partial charge in [-0.25, -0.2) is 4.79 Å². The van der Waals surface area contributed by atoms with E-state index >= 15 is 0 Å². The lowest BCUT2D eigenvalue weighted by molar-refractivity contribution is 0.0917. The number of hydrogen-bond donors (Lipinski definition) is 0. The standard InChI is InChI=1S/C26H26O7/c1-28-21-13-12-18(10-11-20-15-23(29-2)25(31-4)24(16-20)30-3)14-22(21)33-26(27)32-17-19-8-6-5-7-9-19/h5-16H,17H2,1-4H3/b11-10-. The molecule has 0 aliphatic carbocycles. The second-order valence-corrected chi connectivity index (χ2v) is 6.83. The van der Waals surface area contributed by atoms with E-state index in [-0.39, 0.29) is 12.4 Å². The normalized spacial score (nSPS) is 10.5. The van der Waals surface area contributed by atoms with Crippen LogP contribution in [0.25, 0.3) is 12.2 Å². The Morgan fingerprint density at radius 2 is 1.30 bits per heavy atom. The molecule has 0 fully saturated rings. The Hall–Kier alpha value is -4.13. The van der Waals surface area contributed by atoms with E-state index in [1.54, 1.807) is 33.5 Å². The fourth-order valence-electron chi connectivity index (χ4n) is 3.10. The van der Waals surface area contributed by atoms with Crippen LogP contribution in [0, 0.1) is 0 Å². The molecule has 172 valence electrons. The molecule has 0 saturated heterocycles. The number of rotatable bonds is 9. The van der Waals surface area contributed by atoms with E-state index in [4.69, 9.17) is 28.4 Å². The molecule has 0 aromatic heterocycles. The van der Waals surface area contributed by atoms with Crippen LogP contribution in [0.1, 0.15) is 16.7 Å². The summed E-state index contributed by atoms with van der Waals surface area (Å²) in [5, 5.41) is 0. The van der Waals surface area contributed by atoms with Crippen LogP contribution in [0.3, 0.4) is 0 Å². The van der Waals surface area contributed by atoms with Gasteiger partial charge in [-0.15, -0.1) is 0 Å². The van der Waals surface area contributed by atoms with Crippen LogP contribution in [-0.2, 0) is 11.3 Å². The van der Waals surface area contributed by atoms with Gasteiger partial charge in [-0.2, -0.15) is 0 Å². The lowest BCUT2D eigenvalue weighted by Gasteiger charge is -2.13. The average Bonchev–Trinajstić information content (AvgIpc) is 2.86. The smallest absolute Gasteiger partial charge is 0.493 e. The van der Waals surface area contributed by atoms with Crippen LogP contribution in [0.5, 0.6) is 28.7 Å². The summed E-state index contributed by atoms with van der Waals surface area (Å²) < 4.78 is 32.0. The molecule has 0 aliphatic heterocycles. The minimum atomic E-state index is -0.817. The van der Waals surface area contributed by atoms with Gasteiger partial charge in [-0.3, -0.25) is 0 Å². The van der Waals surface area contributed by atoms with Gasteiger partial charge in [0.25, 0.3) is 0 Å². The van der Waals surface area contributed by atoms with Crippen molar-refractivity contribution in [3.63, 3.8) is 0 Å². The Morgan fingerprint density at radius 1 is 0.697 bits per heavy atom. The molecule has 0 atom stereocenters. The van der Waals surface area contributed by atoms with Crippen molar-refractivity contribution < 1.29 is 33.2 Å². The van der Waals surface area contributed by atoms with Crippen LogP contribution in [0.15, 0.2) is 60.7 Å². The second-order valence-electron chi connectivity index (χ2n) is 6.83. The van der Waals surface area contributed by atoms with Gasteiger partial charge >= 0.3 is 6.16 Å². The van der Waals surface area contributed by atoms with Crippen molar-refractivity contribution in [3.05, 3.63) is 77.4 Å². The van der Waals surface area contributed by atoms with Gasteiger partial charge in [-0.05, 0) is 41.0 Å². The molecular weight excluding hydrogens is 424 g/mol. The average molecular weight is 450 g/mol.